The Morgan fingerprint density at radius 2 is 2.19 bits per heavy atom. The van der Waals surface area contributed by atoms with Crippen LogP contribution in [0.3, 0.4) is 0 Å². The molecule has 0 unspecified atom stereocenters. The van der Waals surface area contributed by atoms with Crippen molar-refractivity contribution in [2.45, 2.75) is 32.7 Å². The highest BCUT2D eigenvalue weighted by atomic mass is 79.9. The van der Waals surface area contributed by atoms with Crippen LogP contribution in [-0.2, 0) is 6.42 Å². The van der Waals surface area contributed by atoms with Crippen LogP contribution in [0.2, 0.25) is 0 Å². The summed E-state index contributed by atoms with van der Waals surface area (Å²) in [4.78, 5) is 15.1. The summed E-state index contributed by atoms with van der Waals surface area (Å²) in [5.41, 5.74) is 1.31. The molecule has 0 saturated heterocycles. The Morgan fingerprint density at radius 1 is 1.48 bits per heavy atom. The van der Waals surface area contributed by atoms with Crippen molar-refractivity contribution in [3.05, 3.63) is 40.3 Å². The van der Waals surface area contributed by atoms with Crippen molar-refractivity contribution in [1.82, 2.24) is 20.1 Å². The van der Waals surface area contributed by atoms with Crippen LogP contribution >= 0.6 is 15.9 Å². The molecule has 0 aliphatic carbocycles. The van der Waals surface area contributed by atoms with E-state index in [1.54, 1.807) is 10.9 Å². The van der Waals surface area contributed by atoms with Crippen molar-refractivity contribution in [3.8, 4) is 5.82 Å². The number of nitrogens with zero attached hydrogens (tertiary/aromatic N) is 3. The minimum atomic E-state index is -1.03. The molecule has 2 heterocycles. The zero-order valence-electron chi connectivity index (χ0n) is 12.1. The Balaban J connectivity index is 2.14. The number of pyridine rings is 1. The van der Waals surface area contributed by atoms with E-state index in [4.69, 9.17) is 5.11 Å². The van der Waals surface area contributed by atoms with Gasteiger partial charge in [-0.1, -0.05) is 6.07 Å². The number of aryl methyl sites for hydroxylation is 1. The Bertz CT molecular complexity index is 630. The van der Waals surface area contributed by atoms with Crippen molar-refractivity contribution >= 4 is 22.0 Å². The molecule has 2 N–H and O–H groups in total. The highest BCUT2D eigenvalue weighted by molar-refractivity contribution is 9.10. The summed E-state index contributed by atoms with van der Waals surface area (Å²) in [5.74, 6) is 0.719. The molecule has 0 fully saturated rings. The Labute approximate surface area is 131 Å². The molecule has 0 atom stereocenters. The first-order valence-corrected chi connectivity index (χ1v) is 7.24. The average Bonchev–Trinajstić information content (AvgIpc) is 2.68. The van der Waals surface area contributed by atoms with Gasteiger partial charge >= 0.3 is 6.09 Å². The van der Waals surface area contributed by atoms with Crippen LogP contribution in [0.4, 0.5) is 4.79 Å². The summed E-state index contributed by atoms with van der Waals surface area (Å²) >= 11 is 3.42. The smallest absolute Gasteiger partial charge is 0.405 e. The molecule has 2 aromatic rings. The number of hydrogen-bond acceptors (Lipinski definition) is 3. The van der Waals surface area contributed by atoms with Gasteiger partial charge < -0.3 is 10.4 Å². The second-order valence-corrected chi connectivity index (χ2v) is 6.38. The normalized spacial score (nSPS) is 11.4. The number of nitrogens with one attached hydrogen (secondary N) is 1. The van der Waals surface area contributed by atoms with Crippen LogP contribution in [0.5, 0.6) is 0 Å². The topological polar surface area (TPSA) is 80.0 Å². The van der Waals surface area contributed by atoms with Crippen LogP contribution in [0.1, 0.15) is 25.1 Å². The lowest BCUT2D eigenvalue weighted by molar-refractivity contribution is 0.182. The van der Waals surface area contributed by atoms with Gasteiger partial charge in [-0.3, -0.25) is 0 Å². The van der Waals surface area contributed by atoms with Gasteiger partial charge in [0, 0.05) is 17.9 Å². The van der Waals surface area contributed by atoms with Crippen LogP contribution in [0.25, 0.3) is 5.82 Å². The molecule has 7 heteroatoms. The minimum Gasteiger partial charge on any atom is -0.465 e. The third-order valence-electron chi connectivity index (χ3n) is 2.97. The van der Waals surface area contributed by atoms with Crippen molar-refractivity contribution in [3.63, 3.8) is 0 Å². The van der Waals surface area contributed by atoms with Gasteiger partial charge in [0.15, 0.2) is 5.82 Å². The summed E-state index contributed by atoms with van der Waals surface area (Å²) in [6.07, 6.45) is 3.13. The van der Waals surface area contributed by atoms with E-state index >= 15 is 0 Å². The lowest BCUT2D eigenvalue weighted by Gasteiger charge is -2.24. The lowest BCUT2D eigenvalue weighted by atomic mass is 9.96. The lowest BCUT2D eigenvalue weighted by Crippen LogP contribution is -2.44. The number of hydrogen-bond donors (Lipinski definition) is 2. The molecule has 112 valence electrons. The van der Waals surface area contributed by atoms with Crippen molar-refractivity contribution in [2.24, 2.45) is 0 Å². The molecule has 0 saturated carbocycles. The number of carbonyl (C=O) groups is 1. The van der Waals surface area contributed by atoms with E-state index in [0.29, 0.717) is 6.42 Å². The Morgan fingerprint density at radius 3 is 2.67 bits per heavy atom. The molecule has 0 aliphatic rings. The van der Waals surface area contributed by atoms with Gasteiger partial charge in [0.05, 0.1) is 10.2 Å². The molecular weight excluding hydrogens is 336 g/mol. The van der Waals surface area contributed by atoms with E-state index in [9.17, 15) is 4.79 Å². The third kappa shape index (κ3) is 4.04. The predicted molar refractivity (Wildman–Crippen MR) is 82.7 cm³/mol. The highest BCUT2D eigenvalue weighted by Gasteiger charge is 2.20. The SMILES string of the molecule is Cc1nn(-c2ccc(CC(C)(C)NC(=O)O)cn2)cc1Br. The van der Waals surface area contributed by atoms with E-state index < -0.39 is 11.6 Å². The van der Waals surface area contributed by atoms with Crippen LogP contribution in [0.15, 0.2) is 29.0 Å². The monoisotopic (exact) mass is 352 g/mol. The molecule has 2 rings (SSSR count). The standard InChI is InChI=1S/C14H17BrN4O2/c1-9-11(15)8-19(18-9)12-5-4-10(7-16-12)6-14(2,3)17-13(20)21/h4-5,7-8,17H,6H2,1-3H3,(H,20,21). The number of carboxylic acid groups (broad SMARTS) is 1. The molecule has 21 heavy (non-hydrogen) atoms. The van der Waals surface area contributed by atoms with Crippen molar-refractivity contribution in [2.75, 3.05) is 0 Å². The van der Waals surface area contributed by atoms with E-state index in [2.05, 4.69) is 31.3 Å². The van der Waals surface area contributed by atoms with E-state index in [0.717, 1.165) is 21.5 Å². The summed E-state index contributed by atoms with van der Waals surface area (Å²) in [6.45, 7) is 5.58. The van der Waals surface area contributed by atoms with Gasteiger partial charge in [0.25, 0.3) is 0 Å². The van der Waals surface area contributed by atoms with Gasteiger partial charge in [0.2, 0.25) is 0 Å². The average molecular weight is 353 g/mol. The minimum absolute atomic E-state index is 0.541. The fraction of sp³-hybridized carbons (Fsp3) is 0.357. The molecule has 1 amide bonds. The van der Waals surface area contributed by atoms with Gasteiger partial charge in [-0.25, -0.2) is 14.5 Å². The fourth-order valence-corrected chi connectivity index (χ4v) is 2.33. The fourth-order valence-electron chi connectivity index (χ4n) is 2.06. The maximum Gasteiger partial charge on any atom is 0.405 e. The number of rotatable bonds is 4. The second-order valence-electron chi connectivity index (χ2n) is 5.52. The van der Waals surface area contributed by atoms with E-state index in [1.807, 2.05) is 39.1 Å². The molecule has 6 nitrogen and oxygen atoms in total. The van der Waals surface area contributed by atoms with Crippen LogP contribution in [-0.4, -0.2) is 31.5 Å². The predicted octanol–water partition coefficient (Wildman–Crippen LogP) is 2.93. The Kier molecular flexibility index (Phi) is 4.32. The quantitative estimate of drug-likeness (QED) is 0.886. The van der Waals surface area contributed by atoms with E-state index in [1.165, 1.54) is 0 Å². The van der Waals surface area contributed by atoms with Gasteiger partial charge in [-0.05, 0) is 54.8 Å². The third-order valence-corrected chi connectivity index (χ3v) is 3.75. The number of aromatic nitrogens is 3. The van der Waals surface area contributed by atoms with E-state index in [-0.39, 0.29) is 0 Å². The maximum atomic E-state index is 10.7. The number of halogens is 1. The summed E-state index contributed by atoms with van der Waals surface area (Å²) in [7, 11) is 0. The molecule has 2 aromatic heterocycles. The van der Waals surface area contributed by atoms with Crippen molar-refractivity contribution in [1.29, 1.82) is 0 Å². The van der Waals surface area contributed by atoms with Crippen LogP contribution < -0.4 is 5.32 Å². The molecule has 0 radical (unpaired) electrons. The van der Waals surface area contributed by atoms with Crippen LogP contribution in [0, 0.1) is 6.92 Å². The Hall–Kier alpha value is -1.89. The first-order valence-electron chi connectivity index (χ1n) is 6.45. The largest absolute Gasteiger partial charge is 0.465 e. The highest BCUT2D eigenvalue weighted by Crippen LogP contribution is 2.17. The zero-order valence-corrected chi connectivity index (χ0v) is 13.7. The van der Waals surface area contributed by atoms with Gasteiger partial charge in [-0.2, -0.15) is 5.10 Å². The first-order chi connectivity index (χ1) is 9.77. The number of amides is 1. The zero-order chi connectivity index (χ0) is 15.6. The summed E-state index contributed by atoms with van der Waals surface area (Å²) < 4.78 is 2.63. The summed E-state index contributed by atoms with van der Waals surface area (Å²) in [6, 6.07) is 3.80. The molecule has 0 aliphatic heterocycles. The van der Waals surface area contributed by atoms with Gasteiger partial charge in [0.1, 0.15) is 0 Å². The molecule has 0 aromatic carbocycles. The molecule has 0 bridgehead atoms. The summed E-state index contributed by atoms with van der Waals surface area (Å²) in [5, 5.41) is 15.6. The molecular formula is C14H17BrN4O2. The van der Waals surface area contributed by atoms with Gasteiger partial charge in [-0.15, -0.1) is 0 Å². The van der Waals surface area contributed by atoms with Crippen molar-refractivity contribution < 1.29 is 9.90 Å². The maximum absolute atomic E-state index is 10.7. The second kappa shape index (κ2) is 5.85. The molecule has 0 spiro atoms. The first kappa shape index (κ1) is 15.5.